The van der Waals surface area contributed by atoms with Crippen LogP contribution in [0.15, 0.2) is 30.3 Å². The van der Waals surface area contributed by atoms with Crippen LogP contribution < -0.4 is 5.32 Å². The maximum absolute atomic E-state index is 12.3. The summed E-state index contributed by atoms with van der Waals surface area (Å²) in [4.78, 5) is 24.8. The maximum atomic E-state index is 12.3. The zero-order chi connectivity index (χ0) is 18.4. The molecule has 0 saturated carbocycles. The number of nitrogens with zero attached hydrogens (tertiary/aromatic N) is 4. The van der Waals surface area contributed by atoms with Crippen molar-refractivity contribution in [3.63, 3.8) is 0 Å². The molecule has 1 amide bonds. The Hall–Kier alpha value is -2.77. The van der Waals surface area contributed by atoms with Crippen molar-refractivity contribution in [2.45, 2.75) is 33.2 Å². The van der Waals surface area contributed by atoms with E-state index in [0.29, 0.717) is 12.2 Å². The zero-order valence-corrected chi connectivity index (χ0v) is 14.6. The Morgan fingerprint density at radius 2 is 1.88 bits per heavy atom. The van der Waals surface area contributed by atoms with Crippen molar-refractivity contribution in [1.29, 1.82) is 0 Å². The number of carbonyl (C=O) groups is 2. The second-order valence-electron chi connectivity index (χ2n) is 6.39. The van der Waals surface area contributed by atoms with Gasteiger partial charge in [0.1, 0.15) is 6.04 Å². The first-order valence-electron chi connectivity index (χ1n) is 8.24. The van der Waals surface area contributed by atoms with Crippen molar-refractivity contribution >= 4 is 11.9 Å². The smallest absolute Gasteiger partial charge is 0.308 e. The Bertz CT molecular complexity index is 714. The number of amides is 1. The lowest BCUT2D eigenvalue weighted by atomic mass is 9.97. The molecule has 2 rings (SSSR count). The summed E-state index contributed by atoms with van der Waals surface area (Å²) in [5.74, 6) is -1.19. The average molecular weight is 345 g/mol. The van der Waals surface area contributed by atoms with Gasteiger partial charge in [0.25, 0.3) is 0 Å². The van der Waals surface area contributed by atoms with E-state index >= 15 is 0 Å². The van der Waals surface area contributed by atoms with Crippen LogP contribution in [-0.4, -0.2) is 43.7 Å². The molecule has 0 aliphatic heterocycles. The number of hydrogen-bond acceptors (Lipinski definition) is 5. The van der Waals surface area contributed by atoms with Gasteiger partial charge in [-0.3, -0.25) is 9.59 Å². The van der Waals surface area contributed by atoms with Crippen molar-refractivity contribution in [3.8, 4) is 11.4 Å². The first-order chi connectivity index (χ1) is 11.9. The molecule has 1 heterocycles. The molecule has 1 aromatic heterocycles. The number of carboxylic acid groups (broad SMARTS) is 1. The van der Waals surface area contributed by atoms with Crippen molar-refractivity contribution in [2.24, 2.45) is 11.8 Å². The van der Waals surface area contributed by atoms with Crippen LogP contribution in [0.4, 0.5) is 0 Å². The third-order valence-corrected chi connectivity index (χ3v) is 3.81. The highest BCUT2D eigenvalue weighted by Gasteiger charge is 2.23. The van der Waals surface area contributed by atoms with Crippen LogP contribution in [0.1, 0.15) is 33.2 Å². The minimum atomic E-state index is -0.910. The molecule has 0 aliphatic rings. The Labute approximate surface area is 146 Å². The standard InChI is InChI=1S/C17H23N5O3/c1-11(2)9-14(17(24)25)10-18-16(23)12(3)22-20-15(19-21-22)13-7-5-4-6-8-13/h4-8,11-12,14H,9-10H2,1-3H3,(H,18,23)(H,24,25). The first kappa shape index (κ1) is 18.6. The summed E-state index contributed by atoms with van der Waals surface area (Å²) in [6.07, 6.45) is 0.504. The fourth-order valence-electron chi connectivity index (χ4n) is 2.41. The number of carbonyl (C=O) groups excluding carboxylic acids is 1. The number of nitrogens with one attached hydrogen (secondary N) is 1. The monoisotopic (exact) mass is 345 g/mol. The fraction of sp³-hybridized carbons (Fsp3) is 0.471. The van der Waals surface area contributed by atoms with E-state index in [0.717, 1.165) is 5.56 Å². The van der Waals surface area contributed by atoms with Crippen LogP contribution in [-0.2, 0) is 9.59 Å². The molecule has 8 heteroatoms. The minimum Gasteiger partial charge on any atom is -0.481 e. The van der Waals surface area contributed by atoms with Crippen LogP contribution in [0.2, 0.25) is 0 Å². The molecule has 1 aromatic carbocycles. The first-order valence-corrected chi connectivity index (χ1v) is 8.24. The van der Waals surface area contributed by atoms with E-state index in [9.17, 15) is 14.7 Å². The molecule has 0 saturated heterocycles. The third kappa shape index (κ3) is 5.10. The van der Waals surface area contributed by atoms with Gasteiger partial charge in [-0.2, -0.15) is 4.80 Å². The Balaban J connectivity index is 1.98. The molecular formula is C17H23N5O3. The number of aromatic nitrogens is 4. The number of carboxylic acids is 1. The molecule has 2 aromatic rings. The van der Waals surface area contributed by atoms with E-state index in [-0.39, 0.29) is 18.4 Å². The van der Waals surface area contributed by atoms with Gasteiger partial charge in [-0.05, 0) is 24.5 Å². The van der Waals surface area contributed by atoms with Crippen molar-refractivity contribution in [1.82, 2.24) is 25.5 Å². The Morgan fingerprint density at radius 1 is 1.20 bits per heavy atom. The molecule has 8 nitrogen and oxygen atoms in total. The summed E-state index contributed by atoms with van der Waals surface area (Å²) in [6.45, 7) is 5.62. The average Bonchev–Trinajstić information content (AvgIpc) is 3.08. The van der Waals surface area contributed by atoms with E-state index < -0.39 is 17.9 Å². The largest absolute Gasteiger partial charge is 0.481 e. The molecule has 0 spiro atoms. The van der Waals surface area contributed by atoms with Crippen LogP contribution in [0, 0.1) is 11.8 Å². The highest BCUT2D eigenvalue weighted by Crippen LogP contribution is 2.14. The lowest BCUT2D eigenvalue weighted by molar-refractivity contribution is -0.142. The van der Waals surface area contributed by atoms with Gasteiger partial charge in [0, 0.05) is 12.1 Å². The molecular weight excluding hydrogens is 322 g/mol. The highest BCUT2D eigenvalue weighted by molar-refractivity contribution is 5.80. The number of tetrazole rings is 1. The molecule has 2 atom stereocenters. The predicted molar refractivity (Wildman–Crippen MR) is 91.6 cm³/mol. The fourth-order valence-corrected chi connectivity index (χ4v) is 2.41. The van der Waals surface area contributed by atoms with Gasteiger partial charge in [0.2, 0.25) is 11.7 Å². The van der Waals surface area contributed by atoms with Crippen LogP contribution in [0.5, 0.6) is 0 Å². The SMILES string of the molecule is CC(C)CC(CNC(=O)C(C)n1nnc(-c2ccccc2)n1)C(=O)O. The predicted octanol–water partition coefficient (Wildman–Crippen LogP) is 1.76. The lowest BCUT2D eigenvalue weighted by Gasteiger charge is -2.17. The summed E-state index contributed by atoms with van der Waals surface area (Å²) in [6, 6.07) is 8.66. The van der Waals surface area contributed by atoms with Crippen LogP contribution in [0.25, 0.3) is 11.4 Å². The topological polar surface area (TPSA) is 110 Å². The van der Waals surface area contributed by atoms with E-state index in [1.807, 2.05) is 44.2 Å². The van der Waals surface area contributed by atoms with E-state index in [2.05, 4.69) is 20.7 Å². The Morgan fingerprint density at radius 3 is 2.48 bits per heavy atom. The zero-order valence-electron chi connectivity index (χ0n) is 14.6. The number of rotatable bonds is 8. The van der Waals surface area contributed by atoms with Crippen molar-refractivity contribution < 1.29 is 14.7 Å². The minimum absolute atomic E-state index is 0.0803. The van der Waals surface area contributed by atoms with Gasteiger partial charge in [-0.1, -0.05) is 44.2 Å². The van der Waals surface area contributed by atoms with Crippen molar-refractivity contribution in [2.75, 3.05) is 6.54 Å². The second-order valence-corrected chi connectivity index (χ2v) is 6.39. The molecule has 25 heavy (non-hydrogen) atoms. The summed E-state index contributed by atoms with van der Waals surface area (Å²) in [5, 5.41) is 24.0. The molecule has 0 aliphatic carbocycles. The van der Waals surface area contributed by atoms with E-state index in [1.165, 1.54) is 4.80 Å². The number of hydrogen-bond donors (Lipinski definition) is 2. The van der Waals surface area contributed by atoms with Gasteiger partial charge < -0.3 is 10.4 Å². The van der Waals surface area contributed by atoms with Gasteiger partial charge in [-0.25, -0.2) is 0 Å². The molecule has 2 N–H and O–H groups in total. The normalized spacial score (nSPS) is 13.4. The number of aliphatic carboxylic acids is 1. The van der Waals surface area contributed by atoms with E-state index in [1.54, 1.807) is 6.92 Å². The van der Waals surface area contributed by atoms with Gasteiger partial charge in [0.05, 0.1) is 5.92 Å². The molecule has 2 unspecified atom stereocenters. The van der Waals surface area contributed by atoms with Crippen LogP contribution in [0.3, 0.4) is 0 Å². The maximum Gasteiger partial charge on any atom is 0.308 e. The molecule has 0 fully saturated rings. The molecule has 134 valence electrons. The number of benzene rings is 1. The third-order valence-electron chi connectivity index (χ3n) is 3.81. The lowest BCUT2D eigenvalue weighted by Crippen LogP contribution is -2.37. The highest BCUT2D eigenvalue weighted by atomic mass is 16.4. The quantitative estimate of drug-likeness (QED) is 0.754. The van der Waals surface area contributed by atoms with Gasteiger partial charge >= 0.3 is 5.97 Å². The van der Waals surface area contributed by atoms with Gasteiger partial charge in [-0.15, -0.1) is 10.2 Å². The Kier molecular flexibility index (Phi) is 6.21. The second kappa shape index (κ2) is 8.36. The van der Waals surface area contributed by atoms with Crippen LogP contribution >= 0.6 is 0 Å². The molecule has 0 bridgehead atoms. The summed E-state index contributed by atoms with van der Waals surface area (Å²) < 4.78 is 0. The summed E-state index contributed by atoms with van der Waals surface area (Å²) >= 11 is 0. The van der Waals surface area contributed by atoms with E-state index in [4.69, 9.17) is 0 Å². The molecule has 0 radical (unpaired) electrons. The summed E-state index contributed by atoms with van der Waals surface area (Å²) in [7, 11) is 0. The summed E-state index contributed by atoms with van der Waals surface area (Å²) in [5.41, 5.74) is 0.809. The van der Waals surface area contributed by atoms with Gasteiger partial charge in [0.15, 0.2) is 0 Å². The van der Waals surface area contributed by atoms with Crippen molar-refractivity contribution in [3.05, 3.63) is 30.3 Å².